The van der Waals surface area contributed by atoms with E-state index in [4.69, 9.17) is 9.38 Å². The topological polar surface area (TPSA) is 85.1 Å². The normalized spacial score (nSPS) is 14.5. The van der Waals surface area contributed by atoms with Gasteiger partial charge in [0, 0.05) is 32.5 Å². The quantitative estimate of drug-likeness (QED) is 0.195. The van der Waals surface area contributed by atoms with Gasteiger partial charge in [-0.15, -0.1) is 5.75 Å². The first-order valence-electron chi connectivity index (χ1n) is 19.0. The van der Waals surface area contributed by atoms with Crippen molar-refractivity contribution in [3.63, 3.8) is 0 Å². The molecule has 1 fully saturated rings. The third-order valence-corrected chi connectivity index (χ3v) is 13.8. The molecular weight excluding hydrogens is 813 g/mol. The Balaban J connectivity index is 0.00000144. The maximum absolute atomic E-state index is 13.3. The van der Waals surface area contributed by atoms with Crippen LogP contribution in [0.3, 0.4) is 0 Å². The molecule has 295 valence electrons. The number of hydrogen-bond donors (Lipinski definition) is 0. The second-order valence-corrected chi connectivity index (χ2v) is 30.1. The van der Waals surface area contributed by atoms with Crippen LogP contribution < -0.4 is 10.2 Å². The number of aliphatic imine (C=N–C) groups is 1. The molecule has 3 rings (SSSR count). The van der Waals surface area contributed by atoms with Crippen molar-refractivity contribution in [3.05, 3.63) is 62.3 Å². The number of benzene rings is 2. The third-order valence-electron chi connectivity index (χ3n) is 8.41. The molecule has 0 atom stereocenters. The molecule has 0 bridgehead atoms. The molecule has 1 aliphatic heterocycles. The van der Waals surface area contributed by atoms with E-state index in [9.17, 15) is 10.2 Å². The van der Waals surface area contributed by atoms with Crippen LogP contribution in [0.25, 0.3) is 4.65 Å². The summed E-state index contributed by atoms with van der Waals surface area (Å²) in [5, 5.41) is 26.5. The van der Waals surface area contributed by atoms with Crippen LogP contribution in [-0.4, -0.2) is 60.9 Å². The molecule has 0 aromatic heterocycles. The van der Waals surface area contributed by atoms with Crippen molar-refractivity contribution < 1.29 is 55.3 Å². The monoisotopic (exact) mass is 890 g/mol. The summed E-state index contributed by atoms with van der Waals surface area (Å²) in [6, 6.07) is 8.22. The first-order valence-corrected chi connectivity index (χ1v) is 25.9. The molecule has 1 saturated heterocycles. The molecule has 6 nitrogen and oxygen atoms in total. The summed E-state index contributed by atoms with van der Waals surface area (Å²) >= 11 is 0. The Hall–Kier alpha value is -0.639. The second-order valence-electron chi connectivity index (χ2n) is 20.5. The standard InChI is InChI=1S/C33H52N2O2.C6H18NSi2.C4H8O.Sm/c1-30(2,3)24-16-22(28(36)26(18-24)32(7,8)9)20-34-14-15-35(13)21-23-17-25(31(4,5)6)19-27(29(23)37)33(10,11)12;1-8(2,3)7-9(4,5)6;1-2-4-5-3-1;/h16-20,36-37H,14-15,21H2,1-13H3;1-6H3;1-4H2;/q;-1;;+3/p-2. The first-order chi connectivity index (χ1) is 22.8. The zero-order valence-corrected chi connectivity index (χ0v) is 41.4. The minimum absolute atomic E-state index is 0. The summed E-state index contributed by atoms with van der Waals surface area (Å²) in [5.41, 5.74) is 4.99. The van der Waals surface area contributed by atoms with Gasteiger partial charge < -0.3 is 24.5 Å². The minimum atomic E-state index is -1.11. The molecule has 9 heteroatoms. The summed E-state index contributed by atoms with van der Waals surface area (Å²) < 4.78 is 9.76. The van der Waals surface area contributed by atoms with E-state index in [1.807, 2.05) is 13.1 Å². The van der Waals surface area contributed by atoms with E-state index in [-0.39, 0.29) is 73.5 Å². The average Bonchev–Trinajstić information content (AvgIpc) is 3.49. The number of nitrogens with zero attached hydrogens (tertiary/aromatic N) is 3. The Bertz CT molecular complexity index is 1390. The molecule has 2 aromatic rings. The van der Waals surface area contributed by atoms with Crippen molar-refractivity contribution in [1.82, 2.24) is 4.90 Å². The summed E-state index contributed by atoms with van der Waals surface area (Å²) in [6.45, 7) is 43.2. The number of ether oxygens (including phenoxy) is 1. The molecule has 0 saturated carbocycles. The van der Waals surface area contributed by atoms with Crippen LogP contribution in [-0.2, 0) is 32.9 Å². The van der Waals surface area contributed by atoms with Gasteiger partial charge in [0.2, 0.25) is 0 Å². The van der Waals surface area contributed by atoms with Crippen molar-refractivity contribution in [2.75, 3.05) is 33.4 Å². The Morgan fingerprint density at radius 2 is 1.12 bits per heavy atom. The fourth-order valence-electron chi connectivity index (χ4n) is 5.81. The molecule has 2 aromatic carbocycles. The largest absolute Gasteiger partial charge is 3.00 e. The third kappa shape index (κ3) is 19.3. The van der Waals surface area contributed by atoms with E-state index in [2.05, 4.69) is 150 Å². The van der Waals surface area contributed by atoms with Gasteiger partial charge in [0.15, 0.2) is 0 Å². The SMILES string of the molecule is C1CCOC1.CN(CCN=Cc1cc(C(C)(C)C)cc(C(C)(C)C)c1[O-])Cc1cc(C(C)(C)C)cc(C(C)(C)C)c1[O-].C[Si](C)(C)[N-][Si](C)(C)C.[Sm+3]. The number of rotatable bonds is 8. The summed E-state index contributed by atoms with van der Waals surface area (Å²) in [5.74, 6) is 0.197. The Labute approximate surface area is 355 Å². The Kier molecular flexibility index (Phi) is 20.3. The van der Waals surface area contributed by atoms with Crippen LogP contribution in [0.4, 0.5) is 0 Å². The van der Waals surface area contributed by atoms with Gasteiger partial charge >= 0.3 is 40.4 Å². The Morgan fingerprint density at radius 3 is 1.46 bits per heavy atom. The minimum Gasteiger partial charge on any atom is -0.872 e. The smallest absolute Gasteiger partial charge is 0.872 e. The fraction of sp³-hybridized carbons (Fsp3) is 0.698. The molecule has 1 radical (unpaired) electrons. The zero-order chi connectivity index (χ0) is 39.8. The molecule has 0 spiro atoms. The van der Waals surface area contributed by atoms with Crippen LogP contribution >= 0.6 is 0 Å². The van der Waals surface area contributed by atoms with Crippen LogP contribution in [0.1, 0.15) is 129 Å². The van der Waals surface area contributed by atoms with E-state index in [1.54, 1.807) is 6.21 Å². The zero-order valence-electron chi connectivity index (χ0n) is 36.8. The Morgan fingerprint density at radius 1 is 0.692 bits per heavy atom. The van der Waals surface area contributed by atoms with Crippen LogP contribution in [0.5, 0.6) is 11.5 Å². The van der Waals surface area contributed by atoms with Gasteiger partial charge in [-0.1, -0.05) is 169 Å². The van der Waals surface area contributed by atoms with Crippen molar-refractivity contribution in [2.24, 2.45) is 4.99 Å². The van der Waals surface area contributed by atoms with Gasteiger partial charge in [-0.25, -0.2) is 0 Å². The van der Waals surface area contributed by atoms with E-state index >= 15 is 0 Å². The van der Waals surface area contributed by atoms with E-state index < -0.39 is 16.5 Å². The number of hydrogen-bond acceptors (Lipinski definition) is 5. The molecule has 52 heavy (non-hydrogen) atoms. The first kappa shape index (κ1) is 51.4. The molecule has 0 aliphatic carbocycles. The van der Waals surface area contributed by atoms with E-state index in [0.29, 0.717) is 25.2 Å². The van der Waals surface area contributed by atoms with Crippen molar-refractivity contribution >= 4 is 22.7 Å². The maximum Gasteiger partial charge on any atom is 3.00 e. The van der Waals surface area contributed by atoms with Crippen molar-refractivity contribution in [3.8, 4) is 11.5 Å². The van der Waals surface area contributed by atoms with E-state index in [0.717, 1.165) is 35.5 Å². The van der Waals surface area contributed by atoms with Crippen LogP contribution in [0.2, 0.25) is 39.3 Å². The second kappa shape index (κ2) is 20.5. The van der Waals surface area contributed by atoms with Crippen LogP contribution in [0.15, 0.2) is 29.3 Å². The predicted octanol–water partition coefficient (Wildman–Crippen LogP) is 10.4. The molecule has 0 amide bonds. The summed E-state index contributed by atoms with van der Waals surface area (Å²) in [7, 11) is -0.192. The number of likely N-dealkylation sites (N-methyl/N-ethyl adjacent to an activating group) is 1. The van der Waals surface area contributed by atoms with Gasteiger partial charge in [0.1, 0.15) is 0 Å². The molecule has 1 aliphatic rings. The van der Waals surface area contributed by atoms with Gasteiger partial charge in [0.05, 0.1) is 6.54 Å². The van der Waals surface area contributed by atoms with Gasteiger partial charge in [-0.2, -0.15) is 0 Å². The van der Waals surface area contributed by atoms with Crippen molar-refractivity contribution in [1.29, 1.82) is 0 Å². The molecule has 0 N–H and O–H groups in total. The average molecular weight is 890 g/mol. The van der Waals surface area contributed by atoms with Gasteiger partial charge in [-0.3, -0.25) is 4.99 Å². The molecular formula is C43H76N3O3Si2Sm. The maximum atomic E-state index is 13.3. The molecule has 0 unspecified atom stereocenters. The molecule has 1 heterocycles. The van der Waals surface area contributed by atoms with Gasteiger partial charge in [-0.05, 0) is 74.9 Å². The van der Waals surface area contributed by atoms with Crippen molar-refractivity contribution in [2.45, 2.75) is 163 Å². The summed E-state index contributed by atoms with van der Waals surface area (Å²) in [6.07, 6.45) is 4.29. The van der Waals surface area contributed by atoms with E-state index in [1.165, 1.54) is 18.4 Å². The van der Waals surface area contributed by atoms with Crippen LogP contribution in [0, 0.1) is 40.4 Å². The fourth-order valence-corrected chi connectivity index (χ4v) is 13.9. The predicted molar refractivity (Wildman–Crippen MR) is 225 cm³/mol. The van der Waals surface area contributed by atoms with Gasteiger partial charge in [0.25, 0.3) is 0 Å². The summed E-state index contributed by atoms with van der Waals surface area (Å²) in [4.78, 5) is 6.76.